The number of anilines is 1. The summed E-state index contributed by atoms with van der Waals surface area (Å²) < 4.78 is 4.27. The topological polar surface area (TPSA) is 63.3 Å². The van der Waals surface area contributed by atoms with Gasteiger partial charge in [-0.1, -0.05) is 13.8 Å². The smallest absolute Gasteiger partial charge is 0.180 e. The predicted molar refractivity (Wildman–Crippen MR) is 102 cm³/mol. The highest BCUT2D eigenvalue weighted by molar-refractivity contribution is 5.71. The molecule has 2 aliphatic rings. The molecule has 1 atom stereocenters. The Balaban J connectivity index is 1.64. The van der Waals surface area contributed by atoms with Crippen molar-refractivity contribution >= 4 is 11.5 Å². The number of imidazole rings is 1. The highest BCUT2D eigenvalue weighted by Crippen LogP contribution is 2.32. The quantitative estimate of drug-likeness (QED) is 0.782. The van der Waals surface area contributed by atoms with E-state index in [1.165, 1.54) is 12.1 Å². The van der Waals surface area contributed by atoms with Gasteiger partial charge in [-0.2, -0.15) is 5.10 Å². The molecule has 2 aliphatic heterocycles. The first-order valence-corrected chi connectivity index (χ1v) is 9.51. The van der Waals surface area contributed by atoms with Gasteiger partial charge in [0.1, 0.15) is 0 Å². The van der Waals surface area contributed by atoms with Crippen LogP contribution >= 0.6 is 0 Å². The molecule has 7 nitrogen and oxygen atoms in total. The van der Waals surface area contributed by atoms with Crippen LogP contribution in [0.3, 0.4) is 0 Å². The van der Waals surface area contributed by atoms with Gasteiger partial charge < -0.3 is 10.2 Å². The van der Waals surface area contributed by atoms with Crippen LogP contribution in [-0.4, -0.2) is 49.8 Å². The van der Waals surface area contributed by atoms with Gasteiger partial charge in [-0.15, -0.1) is 0 Å². The number of hydrogen-bond acceptors (Lipinski definition) is 5. The number of fused-ring (bicyclic) bond motifs is 1. The lowest BCUT2D eigenvalue weighted by Gasteiger charge is -2.39. The van der Waals surface area contributed by atoms with E-state index in [-0.39, 0.29) is 0 Å². The third-order valence-electron chi connectivity index (χ3n) is 5.72. The summed E-state index contributed by atoms with van der Waals surface area (Å²) in [5.41, 5.74) is 4.20. The fourth-order valence-corrected chi connectivity index (χ4v) is 3.71. The lowest BCUT2D eigenvalue weighted by Crippen LogP contribution is -2.46. The van der Waals surface area contributed by atoms with Crippen molar-refractivity contribution in [3.63, 3.8) is 0 Å². The van der Waals surface area contributed by atoms with Crippen molar-refractivity contribution < 1.29 is 0 Å². The number of nitrogens with one attached hydrogen (secondary N) is 1. The highest BCUT2D eigenvalue weighted by atomic mass is 15.3. The van der Waals surface area contributed by atoms with Crippen LogP contribution in [-0.2, 0) is 0 Å². The Labute approximate surface area is 153 Å². The van der Waals surface area contributed by atoms with E-state index >= 15 is 0 Å². The standard InChI is InChI=1S/C19H25N7/c1-12(2)17-9-21-18-19(24-5-4-13(24)3)23-16(11-25(17)18)14-6-22-26(10-14)15-7-20-8-15/h6,9-13,15,20H,4-5,7-8H2,1-3H3/t13-/m0/s1. The maximum atomic E-state index is 5.01. The molecule has 0 saturated carbocycles. The minimum Gasteiger partial charge on any atom is -0.351 e. The Morgan fingerprint density at radius 1 is 1.19 bits per heavy atom. The van der Waals surface area contributed by atoms with Crippen molar-refractivity contribution in [2.45, 2.75) is 45.2 Å². The number of aromatic nitrogens is 5. The van der Waals surface area contributed by atoms with E-state index in [0.29, 0.717) is 18.0 Å². The average Bonchev–Trinajstić information content (AvgIpc) is 3.18. The van der Waals surface area contributed by atoms with E-state index in [2.05, 4.69) is 57.6 Å². The molecule has 0 aliphatic carbocycles. The van der Waals surface area contributed by atoms with E-state index in [4.69, 9.17) is 9.97 Å². The first-order chi connectivity index (χ1) is 12.6. The largest absolute Gasteiger partial charge is 0.351 e. The van der Waals surface area contributed by atoms with Crippen LogP contribution in [0.25, 0.3) is 16.9 Å². The Kier molecular flexibility index (Phi) is 3.53. The van der Waals surface area contributed by atoms with Crippen LogP contribution < -0.4 is 10.2 Å². The first-order valence-electron chi connectivity index (χ1n) is 9.51. The fourth-order valence-electron chi connectivity index (χ4n) is 3.71. The molecule has 1 N–H and O–H groups in total. The SMILES string of the molecule is CC(C)c1cnc2c(N3CC[C@@H]3C)nc(-c3cnn(C4CNC4)c3)cn12. The van der Waals surface area contributed by atoms with Crippen LogP contribution in [0, 0.1) is 0 Å². The molecular formula is C19H25N7. The molecule has 136 valence electrons. The zero-order chi connectivity index (χ0) is 17.8. The third kappa shape index (κ3) is 2.34. The van der Waals surface area contributed by atoms with Crippen LogP contribution in [0.2, 0.25) is 0 Å². The molecule has 0 bridgehead atoms. The fraction of sp³-hybridized carbons (Fsp3) is 0.526. The Hall–Kier alpha value is -2.41. The van der Waals surface area contributed by atoms with Crippen molar-refractivity contribution in [2.24, 2.45) is 0 Å². The zero-order valence-electron chi connectivity index (χ0n) is 15.6. The van der Waals surface area contributed by atoms with Gasteiger partial charge in [0.2, 0.25) is 0 Å². The molecule has 5 heterocycles. The minimum atomic E-state index is 0.408. The second-order valence-corrected chi connectivity index (χ2v) is 7.83. The summed E-state index contributed by atoms with van der Waals surface area (Å²) in [5, 5.41) is 7.86. The van der Waals surface area contributed by atoms with Gasteiger partial charge in [0.15, 0.2) is 11.5 Å². The second kappa shape index (κ2) is 5.81. The Morgan fingerprint density at radius 2 is 2.04 bits per heavy atom. The number of nitrogens with zero attached hydrogens (tertiary/aromatic N) is 6. The number of hydrogen-bond donors (Lipinski definition) is 1. The van der Waals surface area contributed by atoms with Crippen molar-refractivity contribution in [1.29, 1.82) is 0 Å². The second-order valence-electron chi connectivity index (χ2n) is 7.83. The molecule has 5 rings (SSSR count). The van der Waals surface area contributed by atoms with E-state index in [9.17, 15) is 0 Å². The predicted octanol–water partition coefficient (Wildman–Crippen LogP) is 2.46. The van der Waals surface area contributed by atoms with Gasteiger partial charge in [0.05, 0.1) is 17.9 Å². The normalized spacial score (nSPS) is 20.6. The number of rotatable bonds is 4. The van der Waals surface area contributed by atoms with Crippen molar-refractivity contribution in [3.05, 3.63) is 30.5 Å². The molecule has 0 radical (unpaired) electrons. The van der Waals surface area contributed by atoms with Gasteiger partial charge in [0.25, 0.3) is 0 Å². The molecule has 3 aromatic rings. The van der Waals surface area contributed by atoms with Crippen LogP contribution in [0.5, 0.6) is 0 Å². The summed E-state index contributed by atoms with van der Waals surface area (Å²) in [6.07, 6.45) is 9.37. The van der Waals surface area contributed by atoms with Crippen molar-refractivity contribution in [1.82, 2.24) is 29.5 Å². The molecule has 2 saturated heterocycles. The summed E-state index contributed by atoms with van der Waals surface area (Å²) in [6, 6.07) is 0.978. The van der Waals surface area contributed by atoms with E-state index < -0.39 is 0 Å². The molecule has 2 fully saturated rings. The molecule has 26 heavy (non-hydrogen) atoms. The molecule has 0 aromatic carbocycles. The first kappa shape index (κ1) is 15.8. The monoisotopic (exact) mass is 351 g/mol. The highest BCUT2D eigenvalue weighted by Gasteiger charge is 2.29. The molecule has 0 unspecified atom stereocenters. The van der Waals surface area contributed by atoms with Gasteiger partial charge in [0, 0.05) is 55.5 Å². The van der Waals surface area contributed by atoms with Crippen LogP contribution in [0.15, 0.2) is 24.8 Å². The van der Waals surface area contributed by atoms with E-state index in [0.717, 1.165) is 42.4 Å². The van der Waals surface area contributed by atoms with Gasteiger partial charge in [-0.3, -0.25) is 9.08 Å². The van der Waals surface area contributed by atoms with E-state index in [1.54, 1.807) is 0 Å². The van der Waals surface area contributed by atoms with Crippen LogP contribution in [0.1, 0.15) is 44.8 Å². The van der Waals surface area contributed by atoms with Gasteiger partial charge in [-0.25, -0.2) is 9.97 Å². The summed E-state index contributed by atoms with van der Waals surface area (Å²) in [5.74, 6) is 1.40. The maximum absolute atomic E-state index is 5.01. The summed E-state index contributed by atoms with van der Waals surface area (Å²) in [6.45, 7) is 9.69. The van der Waals surface area contributed by atoms with Gasteiger partial charge >= 0.3 is 0 Å². The third-order valence-corrected chi connectivity index (χ3v) is 5.72. The molecule has 7 heteroatoms. The maximum Gasteiger partial charge on any atom is 0.180 e. The molecule has 3 aromatic heterocycles. The van der Waals surface area contributed by atoms with Gasteiger partial charge in [-0.05, 0) is 19.3 Å². The molecule has 0 spiro atoms. The lowest BCUT2D eigenvalue weighted by atomic mass is 10.1. The zero-order valence-corrected chi connectivity index (χ0v) is 15.6. The average molecular weight is 351 g/mol. The summed E-state index contributed by atoms with van der Waals surface area (Å²) in [4.78, 5) is 12.1. The van der Waals surface area contributed by atoms with Crippen molar-refractivity contribution in [3.8, 4) is 11.3 Å². The minimum absolute atomic E-state index is 0.408. The lowest BCUT2D eigenvalue weighted by molar-refractivity contribution is 0.318. The van der Waals surface area contributed by atoms with Crippen LogP contribution in [0.4, 0.5) is 5.82 Å². The summed E-state index contributed by atoms with van der Waals surface area (Å²) in [7, 11) is 0. The Morgan fingerprint density at radius 3 is 2.65 bits per heavy atom. The van der Waals surface area contributed by atoms with E-state index in [1.807, 2.05) is 12.4 Å². The molecular weight excluding hydrogens is 326 g/mol. The summed E-state index contributed by atoms with van der Waals surface area (Å²) >= 11 is 0. The van der Waals surface area contributed by atoms with Crippen molar-refractivity contribution in [2.75, 3.05) is 24.5 Å². The molecule has 0 amide bonds. The Bertz CT molecular complexity index is 950.